The molecule has 1 N–H and O–H groups in total. The summed E-state index contributed by atoms with van der Waals surface area (Å²) in [7, 11) is 0. The molecule has 3 aliphatic carbocycles. The first-order valence-electron chi connectivity index (χ1n) is 17.5. The standard InChI is InChI=1S/C35H62O5/c1-30(34(36)37)29-35(38-31-23-17-11-5-2-6-12-18-24-31,39-32-25-19-13-7-3-8-14-20-26-32)40-33-27-21-15-9-4-10-16-22-28-33/h31-33H,1-29H2,(H,36,37). The molecule has 0 aromatic heterocycles. The second kappa shape index (κ2) is 20.1. The van der Waals surface area contributed by atoms with Crippen LogP contribution in [0.1, 0.15) is 180 Å². The summed E-state index contributed by atoms with van der Waals surface area (Å²) in [4.78, 5) is 12.1. The van der Waals surface area contributed by atoms with Gasteiger partial charge in [-0.15, -0.1) is 0 Å². The van der Waals surface area contributed by atoms with Gasteiger partial charge in [0, 0.05) is 5.57 Å². The fraction of sp³-hybridized carbons (Fsp3) is 0.914. The summed E-state index contributed by atoms with van der Waals surface area (Å²) in [6.07, 6.45) is 32.2. The third-order valence-electron chi connectivity index (χ3n) is 9.43. The van der Waals surface area contributed by atoms with Gasteiger partial charge in [-0.2, -0.15) is 0 Å². The van der Waals surface area contributed by atoms with Crippen LogP contribution >= 0.6 is 0 Å². The van der Waals surface area contributed by atoms with Crippen LogP contribution < -0.4 is 0 Å². The molecule has 5 nitrogen and oxygen atoms in total. The number of ether oxygens (including phenoxy) is 3. The number of hydrogen-bond acceptors (Lipinski definition) is 4. The molecule has 0 bridgehead atoms. The lowest BCUT2D eigenvalue weighted by atomic mass is 9.98. The summed E-state index contributed by atoms with van der Waals surface area (Å²) in [5, 5.41) is 9.95. The van der Waals surface area contributed by atoms with Crippen molar-refractivity contribution in [3.05, 3.63) is 12.2 Å². The normalized spacial score (nSPS) is 23.7. The molecule has 0 aliphatic heterocycles. The molecule has 0 aromatic rings. The third-order valence-corrected chi connectivity index (χ3v) is 9.43. The van der Waals surface area contributed by atoms with E-state index >= 15 is 0 Å². The minimum absolute atomic E-state index is 0.0266. The zero-order valence-electron chi connectivity index (χ0n) is 25.8. The first kappa shape index (κ1) is 33.6. The minimum atomic E-state index is -1.37. The summed E-state index contributed by atoms with van der Waals surface area (Å²) in [6, 6.07) is 0. The van der Waals surface area contributed by atoms with Gasteiger partial charge in [-0.05, 0) is 38.5 Å². The van der Waals surface area contributed by atoms with Crippen molar-refractivity contribution >= 4 is 5.97 Å². The fourth-order valence-corrected chi connectivity index (χ4v) is 6.98. The van der Waals surface area contributed by atoms with E-state index in [1.807, 2.05) is 0 Å². The van der Waals surface area contributed by atoms with Crippen LogP contribution in [0.3, 0.4) is 0 Å². The molecule has 5 heteroatoms. The van der Waals surface area contributed by atoms with E-state index in [1.165, 1.54) is 96.3 Å². The Morgan fingerprint density at radius 3 is 0.950 bits per heavy atom. The molecule has 0 heterocycles. The minimum Gasteiger partial charge on any atom is -0.478 e. The molecule has 0 unspecified atom stereocenters. The summed E-state index contributed by atoms with van der Waals surface area (Å²) in [6.45, 7) is 3.96. The first-order valence-corrected chi connectivity index (χ1v) is 17.5. The monoisotopic (exact) mass is 562 g/mol. The Balaban J connectivity index is 1.87. The van der Waals surface area contributed by atoms with Gasteiger partial charge in [0.25, 0.3) is 5.97 Å². The van der Waals surface area contributed by atoms with Crippen molar-refractivity contribution < 1.29 is 24.1 Å². The van der Waals surface area contributed by atoms with E-state index in [4.69, 9.17) is 14.2 Å². The molecule has 0 saturated heterocycles. The molecular weight excluding hydrogens is 500 g/mol. The summed E-state index contributed by atoms with van der Waals surface area (Å²) >= 11 is 0. The number of carboxylic acid groups (broad SMARTS) is 1. The highest BCUT2D eigenvalue weighted by atomic mass is 16.9. The van der Waals surface area contributed by atoms with Crippen LogP contribution in [0.15, 0.2) is 12.2 Å². The van der Waals surface area contributed by atoms with Crippen molar-refractivity contribution in [2.24, 2.45) is 0 Å². The summed E-state index contributed by atoms with van der Waals surface area (Å²) < 4.78 is 21.1. The lowest BCUT2D eigenvalue weighted by Gasteiger charge is -2.42. The summed E-state index contributed by atoms with van der Waals surface area (Å²) in [5.74, 6) is -2.35. The maximum atomic E-state index is 12.1. The van der Waals surface area contributed by atoms with Gasteiger partial charge in [0.2, 0.25) is 0 Å². The fourth-order valence-electron chi connectivity index (χ4n) is 6.98. The zero-order chi connectivity index (χ0) is 28.3. The third kappa shape index (κ3) is 13.8. The molecule has 0 atom stereocenters. The van der Waals surface area contributed by atoms with Crippen LogP contribution in [-0.2, 0) is 19.0 Å². The first-order chi connectivity index (χ1) is 19.6. The Bertz CT molecular complexity index is 592. The Morgan fingerprint density at radius 1 is 0.500 bits per heavy atom. The second-order valence-corrected chi connectivity index (χ2v) is 13.1. The highest BCUT2D eigenvalue weighted by Crippen LogP contribution is 2.36. The van der Waals surface area contributed by atoms with Gasteiger partial charge in [-0.25, -0.2) is 4.79 Å². The lowest BCUT2D eigenvalue weighted by molar-refractivity contribution is -0.419. The molecule has 0 amide bonds. The molecule has 3 rings (SSSR count). The molecule has 3 fully saturated rings. The van der Waals surface area contributed by atoms with E-state index in [0.29, 0.717) is 0 Å². The van der Waals surface area contributed by atoms with Gasteiger partial charge in [0.15, 0.2) is 0 Å². The topological polar surface area (TPSA) is 65.0 Å². The van der Waals surface area contributed by atoms with E-state index in [9.17, 15) is 9.90 Å². The number of carboxylic acids is 1. The van der Waals surface area contributed by atoms with Gasteiger partial charge in [0.1, 0.15) is 0 Å². The van der Waals surface area contributed by atoms with Gasteiger partial charge in [-0.1, -0.05) is 141 Å². The Hall–Kier alpha value is -0.910. The smallest absolute Gasteiger partial charge is 0.331 e. The average molecular weight is 563 g/mol. The molecule has 0 spiro atoms. The highest BCUT2D eigenvalue weighted by Gasteiger charge is 2.42. The molecule has 3 aliphatic rings. The van der Waals surface area contributed by atoms with Crippen LogP contribution in [0.2, 0.25) is 0 Å². The predicted molar refractivity (Wildman–Crippen MR) is 163 cm³/mol. The van der Waals surface area contributed by atoms with Crippen molar-refractivity contribution in [1.29, 1.82) is 0 Å². The molecule has 232 valence electrons. The molecular formula is C35H62O5. The van der Waals surface area contributed by atoms with Crippen LogP contribution in [0.25, 0.3) is 0 Å². The van der Waals surface area contributed by atoms with Crippen LogP contribution in [-0.4, -0.2) is 35.4 Å². The van der Waals surface area contributed by atoms with Gasteiger partial charge >= 0.3 is 5.97 Å². The van der Waals surface area contributed by atoms with E-state index < -0.39 is 11.9 Å². The Morgan fingerprint density at radius 2 is 0.725 bits per heavy atom. The van der Waals surface area contributed by atoms with Gasteiger partial charge in [-0.3, -0.25) is 0 Å². The van der Waals surface area contributed by atoms with Crippen molar-refractivity contribution in [3.8, 4) is 0 Å². The van der Waals surface area contributed by atoms with Crippen LogP contribution in [0.5, 0.6) is 0 Å². The van der Waals surface area contributed by atoms with Crippen molar-refractivity contribution in [2.75, 3.05) is 0 Å². The molecule has 40 heavy (non-hydrogen) atoms. The van der Waals surface area contributed by atoms with E-state index in [-0.39, 0.29) is 30.3 Å². The van der Waals surface area contributed by atoms with Crippen LogP contribution in [0.4, 0.5) is 0 Å². The zero-order valence-corrected chi connectivity index (χ0v) is 25.8. The quantitative estimate of drug-likeness (QED) is 0.224. The number of rotatable bonds is 9. The average Bonchev–Trinajstić information content (AvgIpc) is 2.95. The predicted octanol–water partition coefficient (Wildman–Crippen LogP) is 10.4. The van der Waals surface area contributed by atoms with E-state index in [2.05, 4.69) is 6.58 Å². The number of hydrogen-bond donors (Lipinski definition) is 1. The van der Waals surface area contributed by atoms with Crippen LogP contribution in [0, 0.1) is 0 Å². The molecule has 3 saturated carbocycles. The Kier molecular flexibility index (Phi) is 16.9. The molecule has 0 aromatic carbocycles. The van der Waals surface area contributed by atoms with Gasteiger partial charge < -0.3 is 19.3 Å². The van der Waals surface area contributed by atoms with Gasteiger partial charge in [0.05, 0.1) is 24.7 Å². The molecule has 0 radical (unpaired) electrons. The Labute approximate surface area is 246 Å². The maximum absolute atomic E-state index is 12.1. The van der Waals surface area contributed by atoms with E-state index in [1.54, 1.807) is 0 Å². The van der Waals surface area contributed by atoms with Crippen molar-refractivity contribution in [1.82, 2.24) is 0 Å². The SMILES string of the molecule is C=C(CC(OC1CCCCCCCCC1)(OC1CCCCCCCCC1)OC1CCCCCCCCC1)C(=O)O. The summed E-state index contributed by atoms with van der Waals surface area (Å²) in [5.41, 5.74) is 0.125. The lowest BCUT2D eigenvalue weighted by Crippen LogP contribution is -2.48. The van der Waals surface area contributed by atoms with E-state index in [0.717, 1.165) is 77.0 Å². The van der Waals surface area contributed by atoms with Crippen molar-refractivity contribution in [3.63, 3.8) is 0 Å². The van der Waals surface area contributed by atoms with Crippen molar-refractivity contribution in [2.45, 2.75) is 204 Å². The largest absolute Gasteiger partial charge is 0.478 e. The highest BCUT2D eigenvalue weighted by molar-refractivity contribution is 5.85. The second-order valence-electron chi connectivity index (χ2n) is 13.1. The number of aliphatic carboxylic acids is 1. The maximum Gasteiger partial charge on any atom is 0.331 e. The number of carbonyl (C=O) groups is 1.